The predicted molar refractivity (Wildman–Crippen MR) is 268 cm³/mol. The Morgan fingerprint density at radius 3 is 2.21 bits per heavy atom. The van der Waals surface area contributed by atoms with E-state index in [1.54, 1.807) is 5.57 Å². The van der Waals surface area contributed by atoms with Crippen molar-refractivity contribution in [2.24, 2.45) is 46.3 Å². The number of piperidine rings is 1. The summed E-state index contributed by atoms with van der Waals surface area (Å²) >= 11 is 0. The molecule has 4 fully saturated rings. The Hall–Kier alpha value is -0.980. The minimum atomic E-state index is 0.103. The van der Waals surface area contributed by atoms with Crippen LogP contribution in [0.1, 0.15) is 215 Å². The summed E-state index contributed by atoms with van der Waals surface area (Å²) in [5, 5.41) is 0. The third kappa shape index (κ3) is 17.2. The molecule has 5 rings (SSSR count). The van der Waals surface area contributed by atoms with Crippen molar-refractivity contribution < 1.29 is 18.9 Å². The van der Waals surface area contributed by atoms with Gasteiger partial charge in [0, 0.05) is 13.2 Å². The maximum Gasteiger partial charge on any atom is 0.0936 e. The van der Waals surface area contributed by atoms with Crippen molar-refractivity contribution >= 4 is 0 Å². The van der Waals surface area contributed by atoms with Crippen LogP contribution in [0.4, 0.5) is 0 Å². The highest BCUT2D eigenvalue weighted by atomic mass is 16.6. The van der Waals surface area contributed by atoms with Gasteiger partial charge < -0.3 is 23.8 Å². The van der Waals surface area contributed by atoms with E-state index in [9.17, 15) is 0 Å². The average molecular weight is 878 g/mol. The number of likely N-dealkylation sites (tertiary alicyclic amines) is 1. The van der Waals surface area contributed by atoms with Gasteiger partial charge in [0.1, 0.15) is 0 Å². The number of allylic oxidation sites excluding steroid dienone is 5. The number of rotatable bonds is 32. The zero-order chi connectivity index (χ0) is 44.8. The van der Waals surface area contributed by atoms with Crippen molar-refractivity contribution in [3.05, 3.63) is 36.0 Å². The molecule has 364 valence electrons. The van der Waals surface area contributed by atoms with Crippen LogP contribution in [0.2, 0.25) is 0 Å². The monoisotopic (exact) mass is 878 g/mol. The first-order valence-electron chi connectivity index (χ1n) is 27.8. The van der Waals surface area contributed by atoms with Gasteiger partial charge in [0.15, 0.2) is 0 Å². The van der Waals surface area contributed by atoms with E-state index < -0.39 is 0 Å². The standard InChI is InChI=1S/C58H103NO4/c1-8-9-10-11-12-13-14-15-16-17-18-19-20-21-22-26-40-60-46-52(44-59-38-24-23-25-39-59)62-42-41-61-45-49(5)63-51-34-36-57(6)50(43-51)30-31-53-55-33-32-54(48(4)29-27-28-47(2)3)58(55,7)37-35-56(53)57/h12-13,15-16,30,47-49,51-56H,8-11,14,17-29,31-46H2,1-7H3/t48-,49?,51+,52?,53?,54-,55?,56?,57+,58-/m1/s1. The van der Waals surface area contributed by atoms with Gasteiger partial charge >= 0.3 is 0 Å². The molecule has 0 N–H and O–H groups in total. The molecule has 10 atom stereocenters. The molecule has 0 radical (unpaired) electrons. The average Bonchev–Trinajstić information content (AvgIpc) is 3.63. The van der Waals surface area contributed by atoms with Crippen molar-refractivity contribution in [1.82, 2.24) is 4.90 Å². The zero-order valence-electron chi connectivity index (χ0n) is 42.7. The Bertz CT molecular complexity index is 1300. The summed E-state index contributed by atoms with van der Waals surface area (Å²) in [4.78, 5) is 2.58. The molecule has 3 saturated carbocycles. The molecule has 0 aromatic heterocycles. The largest absolute Gasteiger partial charge is 0.379 e. The van der Waals surface area contributed by atoms with Crippen LogP contribution in [0, 0.1) is 46.3 Å². The number of ether oxygens (including phenoxy) is 4. The van der Waals surface area contributed by atoms with Gasteiger partial charge in [-0.25, -0.2) is 0 Å². The van der Waals surface area contributed by atoms with E-state index in [4.69, 9.17) is 18.9 Å². The minimum Gasteiger partial charge on any atom is -0.379 e. The Balaban J connectivity index is 0.932. The van der Waals surface area contributed by atoms with E-state index in [2.05, 4.69) is 83.7 Å². The lowest BCUT2D eigenvalue weighted by Crippen LogP contribution is -2.51. The van der Waals surface area contributed by atoms with Crippen LogP contribution in [-0.2, 0) is 18.9 Å². The van der Waals surface area contributed by atoms with Gasteiger partial charge in [0.25, 0.3) is 0 Å². The Morgan fingerprint density at radius 2 is 1.44 bits per heavy atom. The predicted octanol–water partition coefficient (Wildman–Crippen LogP) is 15.5. The molecule has 1 heterocycles. The van der Waals surface area contributed by atoms with E-state index in [1.165, 1.54) is 161 Å². The summed E-state index contributed by atoms with van der Waals surface area (Å²) < 4.78 is 25.6. The van der Waals surface area contributed by atoms with E-state index >= 15 is 0 Å². The van der Waals surface area contributed by atoms with Gasteiger partial charge in [-0.05, 0) is 169 Å². The topological polar surface area (TPSA) is 40.2 Å². The van der Waals surface area contributed by atoms with Gasteiger partial charge in [-0.2, -0.15) is 0 Å². The Morgan fingerprint density at radius 1 is 0.714 bits per heavy atom. The molecule has 0 amide bonds. The van der Waals surface area contributed by atoms with Gasteiger partial charge in [-0.1, -0.05) is 142 Å². The molecule has 0 aromatic carbocycles. The van der Waals surface area contributed by atoms with Crippen LogP contribution >= 0.6 is 0 Å². The maximum absolute atomic E-state index is 6.73. The van der Waals surface area contributed by atoms with Crippen LogP contribution in [-0.4, -0.2) is 75.9 Å². The van der Waals surface area contributed by atoms with E-state index in [0.717, 1.165) is 67.9 Å². The Labute approximate surface area is 391 Å². The number of unbranched alkanes of at least 4 members (excludes halogenated alkanes) is 9. The van der Waals surface area contributed by atoms with E-state index in [0.29, 0.717) is 43.4 Å². The molecular formula is C58H103NO4. The Kier molecular flexibility index (Phi) is 24.4. The lowest BCUT2D eigenvalue weighted by atomic mass is 9.47. The molecular weight excluding hydrogens is 775 g/mol. The quantitative estimate of drug-likeness (QED) is 0.0497. The number of fused-ring (bicyclic) bond motifs is 5. The highest BCUT2D eigenvalue weighted by molar-refractivity contribution is 5.25. The van der Waals surface area contributed by atoms with Crippen molar-refractivity contribution in [3.63, 3.8) is 0 Å². The second kappa shape index (κ2) is 29.0. The molecule has 63 heavy (non-hydrogen) atoms. The fourth-order valence-corrected chi connectivity index (χ4v) is 13.6. The van der Waals surface area contributed by atoms with E-state index in [1.807, 2.05) is 0 Å². The molecule has 1 saturated heterocycles. The fraction of sp³-hybridized carbons (Fsp3) is 0.897. The number of hydrogen-bond acceptors (Lipinski definition) is 5. The highest BCUT2D eigenvalue weighted by Gasteiger charge is 2.59. The lowest BCUT2D eigenvalue weighted by molar-refractivity contribution is -0.0932. The zero-order valence-corrected chi connectivity index (χ0v) is 42.7. The third-order valence-electron chi connectivity index (χ3n) is 17.3. The van der Waals surface area contributed by atoms with Gasteiger partial charge in [0.2, 0.25) is 0 Å². The summed E-state index contributed by atoms with van der Waals surface area (Å²) in [5.74, 6) is 5.34. The SMILES string of the molecule is CCCCCC=CCC=CCCCCCCCCOCC(CN1CCCCC1)OCCOCC(C)O[C@H]1CC[C@@]2(C)C(=CCC3C2CC[C@@]2(C)C3CC[C@@H]2[C@H](C)CCCC(C)C)C1. The van der Waals surface area contributed by atoms with E-state index in [-0.39, 0.29) is 12.2 Å². The molecule has 4 aliphatic carbocycles. The van der Waals surface area contributed by atoms with Crippen LogP contribution in [0.3, 0.4) is 0 Å². The van der Waals surface area contributed by atoms with Gasteiger partial charge in [-0.3, -0.25) is 0 Å². The minimum absolute atomic E-state index is 0.103. The van der Waals surface area contributed by atoms with Crippen LogP contribution in [0.15, 0.2) is 36.0 Å². The summed E-state index contributed by atoms with van der Waals surface area (Å²) in [7, 11) is 0. The van der Waals surface area contributed by atoms with Crippen molar-refractivity contribution in [1.29, 1.82) is 0 Å². The third-order valence-corrected chi connectivity index (χ3v) is 17.3. The van der Waals surface area contributed by atoms with Crippen LogP contribution in [0.25, 0.3) is 0 Å². The summed E-state index contributed by atoms with van der Waals surface area (Å²) in [6.45, 7) is 24.0. The van der Waals surface area contributed by atoms with Crippen molar-refractivity contribution in [3.8, 4) is 0 Å². The van der Waals surface area contributed by atoms with Gasteiger partial charge in [-0.15, -0.1) is 0 Å². The first-order valence-corrected chi connectivity index (χ1v) is 27.8. The molecule has 0 spiro atoms. The summed E-state index contributed by atoms with van der Waals surface area (Å²) in [5.41, 5.74) is 2.67. The first kappa shape index (κ1) is 53.0. The molecule has 5 aliphatic rings. The molecule has 5 unspecified atom stereocenters. The van der Waals surface area contributed by atoms with Crippen molar-refractivity contribution in [2.75, 3.05) is 52.7 Å². The summed E-state index contributed by atoms with van der Waals surface area (Å²) in [6, 6.07) is 0. The maximum atomic E-state index is 6.73. The fourth-order valence-electron chi connectivity index (χ4n) is 13.6. The molecule has 1 aliphatic heterocycles. The number of hydrogen-bond donors (Lipinski definition) is 0. The second-order valence-electron chi connectivity index (χ2n) is 22.7. The smallest absolute Gasteiger partial charge is 0.0936 e. The first-order chi connectivity index (χ1) is 30.6. The molecule has 0 aromatic rings. The highest BCUT2D eigenvalue weighted by Crippen LogP contribution is 2.67. The molecule has 5 nitrogen and oxygen atoms in total. The number of nitrogens with zero attached hydrogens (tertiary/aromatic N) is 1. The van der Waals surface area contributed by atoms with Gasteiger partial charge in [0.05, 0.1) is 44.7 Å². The molecule has 0 bridgehead atoms. The second-order valence-corrected chi connectivity index (χ2v) is 22.7. The van der Waals surface area contributed by atoms with Crippen LogP contribution in [0.5, 0.6) is 0 Å². The summed E-state index contributed by atoms with van der Waals surface area (Å²) in [6.07, 6.45) is 47.0. The normalized spacial score (nSPS) is 30.4. The van der Waals surface area contributed by atoms with Crippen molar-refractivity contribution in [2.45, 2.75) is 234 Å². The lowest BCUT2D eigenvalue weighted by Gasteiger charge is -2.58. The van der Waals surface area contributed by atoms with Crippen LogP contribution < -0.4 is 0 Å². The molecule has 5 heteroatoms.